The number of hydrazone groups is 2. The largest absolute Gasteiger partial charge is 0.458 e. The number of hydrogen-bond donors (Lipinski definition) is 2. The summed E-state index contributed by atoms with van der Waals surface area (Å²) in [4.78, 5) is 32.8. The predicted octanol–water partition coefficient (Wildman–Crippen LogP) is 3.16. The summed E-state index contributed by atoms with van der Waals surface area (Å²) >= 11 is 0. The van der Waals surface area contributed by atoms with Gasteiger partial charge in [0.15, 0.2) is 0 Å². The molecule has 2 N–H and O–H groups in total. The van der Waals surface area contributed by atoms with Crippen LogP contribution >= 0.6 is 0 Å². The molecule has 2 unspecified atom stereocenters. The number of carbonyl (C=O) groups is 2. The van der Waals surface area contributed by atoms with Gasteiger partial charge in [0.05, 0.1) is 25.6 Å². The van der Waals surface area contributed by atoms with Crippen LogP contribution in [0.2, 0.25) is 0 Å². The maximum Gasteiger partial charge on any atom is 0.271 e. The fraction of sp³-hybridized carbons (Fsp3) is 0.133. The zero-order valence-corrected chi connectivity index (χ0v) is 22.2. The Morgan fingerprint density at radius 2 is 1.12 bits per heavy atom. The minimum Gasteiger partial charge on any atom is -0.458 e. The molecule has 2 atom stereocenters. The molecule has 0 saturated carbocycles. The summed E-state index contributed by atoms with van der Waals surface area (Å²) in [7, 11) is 0. The van der Waals surface area contributed by atoms with E-state index in [-0.39, 0.29) is 11.8 Å². The molecule has 212 valence electrons. The van der Waals surface area contributed by atoms with Crippen LogP contribution in [0.5, 0.6) is 11.5 Å². The third-order valence-electron chi connectivity index (χ3n) is 5.74. The first-order valence-electron chi connectivity index (χ1n) is 12.9. The summed E-state index contributed by atoms with van der Waals surface area (Å²) in [5, 5.41) is 7.89. The van der Waals surface area contributed by atoms with E-state index in [4.69, 9.17) is 18.9 Å². The average Bonchev–Trinajstić information content (AvgIpc) is 3.03. The third-order valence-corrected chi connectivity index (χ3v) is 5.74. The number of ether oxygens (including phenoxy) is 4. The van der Waals surface area contributed by atoms with Crippen molar-refractivity contribution in [1.29, 1.82) is 0 Å². The molecule has 42 heavy (non-hydrogen) atoms. The fourth-order valence-electron chi connectivity index (χ4n) is 3.67. The lowest BCUT2D eigenvalue weighted by molar-refractivity contribution is -0.271. The fourth-order valence-corrected chi connectivity index (χ4v) is 3.67. The zero-order valence-electron chi connectivity index (χ0n) is 22.2. The van der Waals surface area contributed by atoms with Crippen molar-refractivity contribution in [2.24, 2.45) is 10.2 Å². The Hall–Kier alpha value is -5.46. The summed E-state index contributed by atoms with van der Waals surface area (Å²) in [5.74, 6) is 0.150. The van der Waals surface area contributed by atoms with Gasteiger partial charge in [0.25, 0.3) is 24.4 Å². The van der Waals surface area contributed by atoms with E-state index in [1.54, 1.807) is 85.5 Å². The van der Waals surface area contributed by atoms with Crippen molar-refractivity contribution in [1.82, 2.24) is 20.8 Å². The molecule has 0 bridgehead atoms. The predicted molar refractivity (Wildman–Crippen MR) is 152 cm³/mol. The number of nitrogens with one attached hydrogen (secondary N) is 2. The van der Waals surface area contributed by atoms with E-state index in [0.717, 1.165) is 11.1 Å². The summed E-state index contributed by atoms with van der Waals surface area (Å²) in [6, 6.07) is 20.2. The Morgan fingerprint density at radius 3 is 1.50 bits per heavy atom. The first-order chi connectivity index (χ1) is 20.6. The van der Waals surface area contributed by atoms with Gasteiger partial charge in [0.1, 0.15) is 11.5 Å². The van der Waals surface area contributed by atoms with E-state index >= 15 is 0 Å². The molecule has 3 heterocycles. The van der Waals surface area contributed by atoms with E-state index in [2.05, 4.69) is 31.0 Å². The van der Waals surface area contributed by atoms with Crippen molar-refractivity contribution in [3.05, 3.63) is 120 Å². The van der Waals surface area contributed by atoms with Crippen LogP contribution in [-0.2, 0) is 9.47 Å². The minimum absolute atomic E-state index is 0.318. The standard InChI is InChI=1S/C30H26N6O6/c37-27(35-33-19-21-3-1-13-31-17-21)23-5-9-25(10-6-23)41-29-30(40-16-15-39-29)42-26-11-7-24(8-12-26)28(38)36-34-20-22-4-2-14-32-18-22/h1-14,17-20,29-30H,15-16H2,(H,35,37)(H,36,38). The van der Waals surface area contributed by atoms with E-state index < -0.39 is 12.6 Å². The number of amides is 2. The molecule has 1 aliphatic rings. The summed E-state index contributed by atoms with van der Waals surface area (Å²) < 4.78 is 23.3. The number of rotatable bonds is 10. The van der Waals surface area contributed by atoms with E-state index in [1.165, 1.54) is 12.4 Å². The number of aromatic nitrogens is 2. The van der Waals surface area contributed by atoms with Crippen molar-refractivity contribution in [3.8, 4) is 11.5 Å². The molecule has 0 radical (unpaired) electrons. The molecule has 5 rings (SSSR count). The van der Waals surface area contributed by atoms with Crippen LogP contribution in [0.4, 0.5) is 0 Å². The van der Waals surface area contributed by atoms with Gasteiger partial charge >= 0.3 is 0 Å². The molecular formula is C30H26N6O6. The summed E-state index contributed by atoms with van der Waals surface area (Å²) in [6.45, 7) is 0.636. The van der Waals surface area contributed by atoms with Gasteiger partial charge in [-0.25, -0.2) is 10.9 Å². The highest BCUT2D eigenvalue weighted by molar-refractivity contribution is 5.95. The Kier molecular flexibility index (Phi) is 9.53. The summed E-state index contributed by atoms with van der Waals surface area (Å²) in [6.07, 6.45) is 7.84. The molecule has 1 saturated heterocycles. The smallest absolute Gasteiger partial charge is 0.271 e. The van der Waals surface area contributed by atoms with Crippen LogP contribution < -0.4 is 20.3 Å². The normalized spacial score (nSPS) is 16.7. The second-order valence-corrected chi connectivity index (χ2v) is 8.73. The number of hydrogen-bond acceptors (Lipinski definition) is 10. The molecule has 12 heteroatoms. The first-order valence-corrected chi connectivity index (χ1v) is 12.9. The quantitative estimate of drug-likeness (QED) is 0.220. The van der Waals surface area contributed by atoms with Crippen LogP contribution in [0.1, 0.15) is 31.8 Å². The number of nitrogens with zero attached hydrogens (tertiary/aromatic N) is 4. The molecular weight excluding hydrogens is 540 g/mol. The highest BCUT2D eigenvalue weighted by Crippen LogP contribution is 2.22. The van der Waals surface area contributed by atoms with Gasteiger partial charge in [0.2, 0.25) is 0 Å². The van der Waals surface area contributed by atoms with Crippen molar-refractivity contribution in [2.75, 3.05) is 13.2 Å². The van der Waals surface area contributed by atoms with Gasteiger partial charge in [-0.1, -0.05) is 12.1 Å². The lowest BCUT2D eigenvalue weighted by Gasteiger charge is -2.31. The lowest BCUT2D eigenvalue weighted by Crippen LogP contribution is -2.45. The molecule has 12 nitrogen and oxygen atoms in total. The van der Waals surface area contributed by atoms with Crippen molar-refractivity contribution in [3.63, 3.8) is 0 Å². The van der Waals surface area contributed by atoms with Gasteiger partial charge < -0.3 is 18.9 Å². The lowest BCUT2D eigenvalue weighted by atomic mass is 10.2. The average molecular weight is 567 g/mol. The minimum atomic E-state index is -0.868. The number of carbonyl (C=O) groups excluding carboxylic acids is 2. The van der Waals surface area contributed by atoms with Crippen LogP contribution in [0, 0.1) is 0 Å². The summed E-state index contributed by atoms with van der Waals surface area (Å²) in [5.41, 5.74) is 7.26. The second-order valence-electron chi connectivity index (χ2n) is 8.73. The van der Waals surface area contributed by atoms with Gasteiger partial charge in [0, 0.05) is 47.0 Å². The highest BCUT2D eigenvalue weighted by atomic mass is 16.8. The van der Waals surface area contributed by atoms with E-state index in [1.807, 2.05) is 12.1 Å². The molecule has 2 aromatic heterocycles. The van der Waals surface area contributed by atoms with Crippen molar-refractivity contribution < 1.29 is 28.5 Å². The Balaban J connectivity index is 1.12. The molecule has 2 aromatic carbocycles. The molecule has 2 amide bonds. The number of benzene rings is 2. The van der Waals surface area contributed by atoms with E-state index in [0.29, 0.717) is 35.8 Å². The van der Waals surface area contributed by atoms with E-state index in [9.17, 15) is 9.59 Å². The highest BCUT2D eigenvalue weighted by Gasteiger charge is 2.31. The van der Waals surface area contributed by atoms with Gasteiger partial charge in [-0.3, -0.25) is 19.6 Å². The maximum atomic E-state index is 12.4. The van der Waals surface area contributed by atoms with Crippen molar-refractivity contribution >= 4 is 24.2 Å². The van der Waals surface area contributed by atoms with Crippen LogP contribution in [0.15, 0.2) is 108 Å². The Labute approximate surface area is 241 Å². The van der Waals surface area contributed by atoms with Crippen LogP contribution in [0.25, 0.3) is 0 Å². The molecule has 0 aliphatic carbocycles. The monoisotopic (exact) mass is 566 g/mol. The molecule has 4 aromatic rings. The Bertz CT molecular complexity index is 1400. The Morgan fingerprint density at radius 1 is 0.690 bits per heavy atom. The maximum absolute atomic E-state index is 12.4. The second kappa shape index (κ2) is 14.3. The zero-order chi connectivity index (χ0) is 29.0. The molecule has 0 spiro atoms. The van der Waals surface area contributed by atoms with Crippen LogP contribution in [-0.4, -0.2) is 60.0 Å². The van der Waals surface area contributed by atoms with Crippen LogP contribution in [0.3, 0.4) is 0 Å². The topological polar surface area (TPSA) is 146 Å². The first kappa shape index (κ1) is 28.1. The third kappa shape index (κ3) is 8.03. The van der Waals surface area contributed by atoms with Gasteiger partial charge in [-0.05, 0) is 60.7 Å². The number of pyridine rings is 2. The van der Waals surface area contributed by atoms with Crippen molar-refractivity contribution in [2.45, 2.75) is 12.6 Å². The van der Waals surface area contributed by atoms with Gasteiger partial charge in [-0.2, -0.15) is 10.2 Å². The SMILES string of the molecule is O=C(NN=Cc1cccnc1)c1ccc(OC2OCCOC2Oc2ccc(C(=O)NN=Cc3cccnc3)cc2)cc1. The van der Waals surface area contributed by atoms with Gasteiger partial charge in [-0.15, -0.1) is 0 Å². The molecule has 1 fully saturated rings. The molecule has 1 aliphatic heterocycles.